The van der Waals surface area contributed by atoms with Crippen LogP contribution in [-0.4, -0.2) is 29.4 Å². The summed E-state index contributed by atoms with van der Waals surface area (Å²) in [5.41, 5.74) is 2.73. The van der Waals surface area contributed by atoms with Gasteiger partial charge in [0.05, 0.1) is 13.2 Å². The van der Waals surface area contributed by atoms with E-state index in [-0.39, 0.29) is 11.9 Å². The quantitative estimate of drug-likeness (QED) is 0.668. The third kappa shape index (κ3) is 3.22. The van der Waals surface area contributed by atoms with Crippen LogP contribution < -0.4 is 4.74 Å². The first kappa shape index (κ1) is 16.8. The standard InChI is InChI=1S/C21H20N2O2S/c1-25-17-11-9-16(10-12-17)20-22-18(14-26-20)21(24)23-13-5-8-19(23)15-6-3-2-4-7-15/h2-4,6-7,9-12,14,19H,5,8,13H2,1H3. The summed E-state index contributed by atoms with van der Waals surface area (Å²) < 4.78 is 5.19. The number of ether oxygens (including phenoxy) is 1. The van der Waals surface area contributed by atoms with Gasteiger partial charge in [-0.15, -0.1) is 11.3 Å². The highest BCUT2D eigenvalue weighted by molar-refractivity contribution is 7.13. The van der Waals surface area contributed by atoms with E-state index in [0.29, 0.717) is 5.69 Å². The zero-order chi connectivity index (χ0) is 17.9. The summed E-state index contributed by atoms with van der Waals surface area (Å²) in [5.74, 6) is 0.830. The Bertz CT molecular complexity index is 890. The van der Waals surface area contributed by atoms with E-state index in [1.54, 1.807) is 7.11 Å². The van der Waals surface area contributed by atoms with Gasteiger partial charge in [0, 0.05) is 17.5 Å². The molecule has 0 radical (unpaired) electrons. The number of carbonyl (C=O) groups is 1. The van der Waals surface area contributed by atoms with Crippen LogP contribution in [-0.2, 0) is 0 Å². The highest BCUT2D eigenvalue weighted by atomic mass is 32.1. The first-order chi connectivity index (χ1) is 12.8. The lowest BCUT2D eigenvalue weighted by Gasteiger charge is -2.24. The minimum absolute atomic E-state index is 0.0207. The molecule has 0 aliphatic carbocycles. The number of hydrogen-bond acceptors (Lipinski definition) is 4. The Labute approximate surface area is 157 Å². The SMILES string of the molecule is COc1ccc(-c2nc(C(=O)N3CCCC3c3ccccc3)cs2)cc1. The van der Waals surface area contributed by atoms with Crippen LogP contribution in [0.15, 0.2) is 60.0 Å². The maximum atomic E-state index is 13.0. The Morgan fingerprint density at radius 3 is 2.65 bits per heavy atom. The van der Waals surface area contributed by atoms with Gasteiger partial charge in [-0.2, -0.15) is 0 Å². The van der Waals surface area contributed by atoms with Crippen LogP contribution >= 0.6 is 11.3 Å². The van der Waals surface area contributed by atoms with Crippen LogP contribution in [0, 0.1) is 0 Å². The predicted octanol–water partition coefficient (Wildman–Crippen LogP) is 4.80. The Morgan fingerprint density at radius 1 is 1.15 bits per heavy atom. The monoisotopic (exact) mass is 364 g/mol. The van der Waals surface area contributed by atoms with Crippen molar-refractivity contribution in [2.75, 3.05) is 13.7 Å². The topological polar surface area (TPSA) is 42.4 Å². The molecule has 132 valence electrons. The van der Waals surface area contributed by atoms with Crippen molar-refractivity contribution in [3.63, 3.8) is 0 Å². The smallest absolute Gasteiger partial charge is 0.273 e. The zero-order valence-corrected chi connectivity index (χ0v) is 15.4. The van der Waals surface area contributed by atoms with Gasteiger partial charge in [-0.1, -0.05) is 30.3 Å². The summed E-state index contributed by atoms with van der Waals surface area (Å²) in [4.78, 5) is 19.6. The summed E-state index contributed by atoms with van der Waals surface area (Å²) in [6, 6.07) is 18.2. The van der Waals surface area contributed by atoms with E-state index >= 15 is 0 Å². The molecule has 1 aliphatic heterocycles. The number of methoxy groups -OCH3 is 1. The molecular weight excluding hydrogens is 344 g/mol. The minimum atomic E-state index is 0.0207. The summed E-state index contributed by atoms with van der Waals surface area (Å²) in [6.45, 7) is 0.786. The number of thiazole rings is 1. The number of hydrogen-bond donors (Lipinski definition) is 0. The summed E-state index contributed by atoms with van der Waals surface area (Å²) >= 11 is 1.50. The minimum Gasteiger partial charge on any atom is -0.497 e. The number of rotatable bonds is 4. The predicted molar refractivity (Wildman–Crippen MR) is 104 cm³/mol. The van der Waals surface area contributed by atoms with Gasteiger partial charge in [-0.05, 0) is 42.7 Å². The van der Waals surface area contributed by atoms with Crippen molar-refractivity contribution in [2.45, 2.75) is 18.9 Å². The van der Waals surface area contributed by atoms with Gasteiger partial charge < -0.3 is 9.64 Å². The molecule has 1 unspecified atom stereocenters. The third-order valence-corrected chi connectivity index (χ3v) is 5.65. The second kappa shape index (κ2) is 7.30. The molecule has 3 aromatic rings. The maximum Gasteiger partial charge on any atom is 0.273 e. The Balaban J connectivity index is 1.56. The largest absolute Gasteiger partial charge is 0.497 e. The average Bonchev–Trinajstić information content (AvgIpc) is 3.38. The fraction of sp³-hybridized carbons (Fsp3) is 0.238. The number of amides is 1. The van der Waals surface area contributed by atoms with Crippen LogP contribution in [0.4, 0.5) is 0 Å². The molecule has 5 heteroatoms. The van der Waals surface area contributed by atoms with Crippen molar-refractivity contribution >= 4 is 17.2 Å². The molecule has 4 rings (SSSR count). The lowest BCUT2D eigenvalue weighted by atomic mass is 10.0. The van der Waals surface area contributed by atoms with E-state index in [1.807, 2.05) is 52.7 Å². The Morgan fingerprint density at radius 2 is 1.92 bits per heavy atom. The van der Waals surface area contributed by atoms with E-state index in [2.05, 4.69) is 17.1 Å². The molecule has 26 heavy (non-hydrogen) atoms. The van der Waals surface area contributed by atoms with Crippen molar-refractivity contribution in [1.29, 1.82) is 0 Å². The van der Waals surface area contributed by atoms with Crippen molar-refractivity contribution in [1.82, 2.24) is 9.88 Å². The molecular formula is C21H20N2O2S. The molecule has 1 atom stereocenters. The molecule has 1 saturated heterocycles. The van der Waals surface area contributed by atoms with E-state index in [0.717, 1.165) is 35.7 Å². The number of likely N-dealkylation sites (tertiary alicyclic amines) is 1. The molecule has 0 bridgehead atoms. The second-order valence-electron chi connectivity index (χ2n) is 6.33. The lowest BCUT2D eigenvalue weighted by molar-refractivity contribution is 0.0730. The van der Waals surface area contributed by atoms with Gasteiger partial charge in [0.1, 0.15) is 16.5 Å². The fourth-order valence-electron chi connectivity index (χ4n) is 3.42. The van der Waals surface area contributed by atoms with Gasteiger partial charge in [0.25, 0.3) is 5.91 Å². The molecule has 1 aromatic heterocycles. The molecule has 4 nitrogen and oxygen atoms in total. The van der Waals surface area contributed by atoms with Gasteiger partial charge in [-0.25, -0.2) is 4.98 Å². The summed E-state index contributed by atoms with van der Waals surface area (Å²) in [6.07, 6.45) is 2.03. The molecule has 1 fully saturated rings. The number of benzene rings is 2. The average molecular weight is 364 g/mol. The summed E-state index contributed by atoms with van der Waals surface area (Å²) in [5, 5.41) is 2.72. The number of aromatic nitrogens is 1. The van der Waals surface area contributed by atoms with Crippen LogP contribution in [0.25, 0.3) is 10.6 Å². The van der Waals surface area contributed by atoms with Crippen LogP contribution in [0.1, 0.15) is 34.9 Å². The first-order valence-electron chi connectivity index (χ1n) is 8.72. The normalized spacial score (nSPS) is 16.7. The fourth-order valence-corrected chi connectivity index (χ4v) is 4.22. The van der Waals surface area contributed by atoms with Crippen molar-refractivity contribution < 1.29 is 9.53 Å². The Hall–Kier alpha value is -2.66. The van der Waals surface area contributed by atoms with Gasteiger partial charge in [-0.3, -0.25) is 4.79 Å². The van der Waals surface area contributed by atoms with Crippen LogP contribution in [0.5, 0.6) is 5.75 Å². The summed E-state index contributed by atoms with van der Waals surface area (Å²) in [7, 11) is 1.65. The molecule has 2 aromatic carbocycles. The lowest BCUT2D eigenvalue weighted by Crippen LogP contribution is -2.30. The molecule has 1 amide bonds. The number of carbonyl (C=O) groups excluding carboxylic acids is 1. The molecule has 0 saturated carbocycles. The van der Waals surface area contributed by atoms with E-state index in [4.69, 9.17) is 4.74 Å². The van der Waals surface area contributed by atoms with E-state index in [1.165, 1.54) is 16.9 Å². The van der Waals surface area contributed by atoms with Crippen molar-refractivity contribution in [2.24, 2.45) is 0 Å². The van der Waals surface area contributed by atoms with Crippen LogP contribution in [0.3, 0.4) is 0 Å². The zero-order valence-electron chi connectivity index (χ0n) is 14.6. The highest BCUT2D eigenvalue weighted by Crippen LogP contribution is 2.34. The van der Waals surface area contributed by atoms with Crippen LogP contribution in [0.2, 0.25) is 0 Å². The molecule has 2 heterocycles. The van der Waals surface area contributed by atoms with Gasteiger partial charge in [0.2, 0.25) is 0 Å². The van der Waals surface area contributed by atoms with E-state index < -0.39 is 0 Å². The maximum absolute atomic E-state index is 13.0. The molecule has 0 spiro atoms. The molecule has 1 aliphatic rings. The third-order valence-electron chi connectivity index (χ3n) is 4.76. The molecule has 0 N–H and O–H groups in total. The Kier molecular flexibility index (Phi) is 4.71. The van der Waals surface area contributed by atoms with Crippen molar-refractivity contribution in [3.05, 3.63) is 71.2 Å². The highest BCUT2D eigenvalue weighted by Gasteiger charge is 2.31. The van der Waals surface area contributed by atoms with Gasteiger partial charge in [0.15, 0.2) is 0 Å². The number of nitrogens with zero attached hydrogens (tertiary/aromatic N) is 2. The first-order valence-corrected chi connectivity index (χ1v) is 9.60. The van der Waals surface area contributed by atoms with Crippen molar-refractivity contribution in [3.8, 4) is 16.3 Å². The second-order valence-corrected chi connectivity index (χ2v) is 7.19. The van der Waals surface area contributed by atoms with Gasteiger partial charge >= 0.3 is 0 Å². The van der Waals surface area contributed by atoms with E-state index in [9.17, 15) is 4.79 Å².